The van der Waals surface area contributed by atoms with Gasteiger partial charge in [0.25, 0.3) is 0 Å². The zero-order valence-corrected chi connectivity index (χ0v) is 14.7. The first-order valence-electron chi connectivity index (χ1n) is 8.14. The van der Waals surface area contributed by atoms with E-state index in [1.165, 1.54) is 6.20 Å². The second kappa shape index (κ2) is 7.04. The van der Waals surface area contributed by atoms with Crippen LogP contribution in [0.4, 0.5) is 0 Å². The van der Waals surface area contributed by atoms with Crippen molar-refractivity contribution >= 4 is 34.2 Å². The molecule has 2 aromatic carbocycles. The third-order valence-electron chi connectivity index (χ3n) is 4.08. The number of likely N-dealkylation sites (N-methyl/N-ethyl adjacent to an activating group) is 1. The molecule has 0 aliphatic rings. The highest BCUT2D eigenvalue weighted by Gasteiger charge is 2.16. The summed E-state index contributed by atoms with van der Waals surface area (Å²) >= 11 is 0. The van der Waals surface area contributed by atoms with E-state index in [9.17, 15) is 24.6 Å². The first-order chi connectivity index (χ1) is 12.8. The molecular formula is C18H18N4O5. The maximum Gasteiger partial charge on any atom is 0.337 e. The monoisotopic (exact) mass is 370 g/mol. The van der Waals surface area contributed by atoms with Crippen LogP contribution in [0, 0.1) is 0 Å². The van der Waals surface area contributed by atoms with Gasteiger partial charge in [-0.2, -0.15) is 0 Å². The van der Waals surface area contributed by atoms with Crippen LogP contribution >= 0.6 is 0 Å². The molecule has 140 valence electrons. The molecule has 27 heavy (non-hydrogen) atoms. The molecule has 4 N–H and O–H groups in total. The number of phenols is 1. The lowest BCUT2D eigenvalue weighted by atomic mass is 10.1. The fourth-order valence-corrected chi connectivity index (χ4v) is 2.71. The summed E-state index contributed by atoms with van der Waals surface area (Å²) in [6.45, 7) is 1.32. The third-order valence-corrected chi connectivity index (χ3v) is 4.08. The van der Waals surface area contributed by atoms with Gasteiger partial charge in [0.1, 0.15) is 22.3 Å². The van der Waals surface area contributed by atoms with E-state index in [-0.39, 0.29) is 38.6 Å². The zero-order chi connectivity index (χ0) is 19.7. The Morgan fingerprint density at radius 1 is 1.22 bits per heavy atom. The van der Waals surface area contributed by atoms with Gasteiger partial charge >= 0.3 is 5.97 Å². The van der Waals surface area contributed by atoms with E-state index >= 15 is 0 Å². The van der Waals surface area contributed by atoms with Gasteiger partial charge in [-0.05, 0) is 26.2 Å². The van der Waals surface area contributed by atoms with Crippen molar-refractivity contribution in [2.45, 2.75) is 0 Å². The summed E-state index contributed by atoms with van der Waals surface area (Å²) in [7, 11) is 3.83. The molecule has 0 fully saturated rings. The number of phenolic OH excluding ortho intramolecular Hbond substituents is 1. The van der Waals surface area contributed by atoms with Crippen molar-refractivity contribution in [3.05, 3.63) is 49.4 Å². The van der Waals surface area contributed by atoms with E-state index in [0.717, 1.165) is 24.7 Å². The zero-order valence-electron chi connectivity index (χ0n) is 14.7. The molecule has 0 saturated carbocycles. The normalized spacial score (nSPS) is 12.2. The van der Waals surface area contributed by atoms with Gasteiger partial charge in [-0.15, -0.1) is 0 Å². The average Bonchev–Trinajstić information content (AvgIpc) is 2.60. The number of aromatic nitrogens is 2. The van der Waals surface area contributed by atoms with E-state index in [2.05, 4.69) is 15.3 Å². The van der Waals surface area contributed by atoms with Crippen LogP contribution < -0.4 is 21.4 Å². The number of H-pyrrole nitrogens is 1. The minimum Gasteiger partial charge on any atom is -0.507 e. The van der Waals surface area contributed by atoms with Gasteiger partial charge in [-0.25, -0.2) is 9.78 Å². The number of aromatic amines is 1. The van der Waals surface area contributed by atoms with Crippen LogP contribution in [0.1, 0.15) is 10.4 Å². The number of aromatic hydroxyl groups is 1. The number of carboxylic acid groups (broad SMARTS) is 1. The van der Waals surface area contributed by atoms with Crippen molar-refractivity contribution in [1.29, 1.82) is 0 Å². The number of fused-ring (bicyclic) bond motifs is 2. The third kappa shape index (κ3) is 3.44. The molecule has 9 nitrogen and oxygen atoms in total. The quantitative estimate of drug-likeness (QED) is 0.347. The summed E-state index contributed by atoms with van der Waals surface area (Å²) in [4.78, 5) is 44.8. The molecule has 1 aromatic heterocycles. The van der Waals surface area contributed by atoms with E-state index in [1.807, 2.05) is 19.0 Å². The summed E-state index contributed by atoms with van der Waals surface area (Å²) in [6, 6.07) is 3.29. The lowest BCUT2D eigenvalue weighted by Gasteiger charge is -2.09. The second-order valence-electron chi connectivity index (χ2n) is 6.31. The Kier molecular flexibility index (Phi) is 4.78. The first kappa shape index (κ1) is 18.3. The van der Waals surface area contributed by atoms with Crippen LogP contribution in [0.15, 0.2) is 27.8 Å². The highest BCUT2D eigenvalue weighted by molar-refractivity contribution is 6.02. The summed E-state index contributed by atoms with van der Waals surface area (Å²) < 4.78 is 0. The number of benzene rings is 2. The molecule has 0 aliphatic carbocycles. The van der Waals surface area contributed by atoms with Gasteiger partial charge in [-0.1, -0.05) is 0 Å². The van der Waals surface area contributed by atoms with E-state index < -0.39 is 16.8 Å². The van der Waals surface area contributed by atoms with Crippen LogP contribution in [0.25, 0.3) is 28.3 Å². The van der Waals surface area contributed by atoms with Crippen molar-refractivity contribution in [1.82, 2.24) is 20.2 Å². The molecule has 0 bridgehead atoms. The Hall–Kier alpha value is -3.46. The van der Waals surface area contributed by atoms with Crippen molar-refractivity contribution in [2.75, 3.05) is 27.2 Å². The molecule has 0 amide bonds. The lowest BCUT2D eigenvalue weighted by molar-refractivity contribution is 0.0699. The molecule has 0 aliphatic heterocycles. The number of nitrogens with one attached hydrogen (secondary N) is 2. The standard InChI is InChI=1S/C18H18N4O5/c1-22(2)6-5-19-8-10-12(24)7-13(25)17-15(10)21-16-11(23)4-3-9(18(26)27)14(16)20-17/h3-4,7-8,19-20,24H,5-6H2,1-2H3,(H,26,27)/b10-8-. The van der Waals surface area contributed by atoms with Gasteiger partial charge < -0.3 is 25.4 Å². The average molecular weight is 370 g/mol. The predicted octanol–water partition coefficient (Wildman–Crippen LogP) is -0.552. The first-order valence-corrected chi connectivity index (χ1v) is 8.14. The number of carbonyl (C=O) groups is 1. The molecule has 3 aromatic rings. The molecule has 0 unspecified atom stereocenters. The fourth-order valence-electron chi connectivity index (χ4n) is 2.71. The number of hydrogen-bond donors (Lipinski definition) is 4. The highest BCUT2D eigenvalue weighted by Crippen LogP contribution is 2.15. The van der Waals surface area contributed by atoms with Crippen molar-refractivity contribution in [2.24, 2.45) is 0 Å². The maximum atomic E-state index is 12.3. The van der Waals surface area contributed by atoms with E-state index in [0.29, 0.717) is 6.54 Å². The maximum absolute atomic E-state index is 12.3. The van der Waals surface area contributed by atoms with Gasteiger partial charge in [0.05, 0.1) is 16.3 Å². The van der Waals surface area contributed by atoms with E-state index in [4.69, 9.17) is 0 Å². The van der Waals surface area contributed by atoms with Gasteiger partial charge in [0.2, 0.25) is 10.9 Å². The SMILES string of the molecule is CN(C)CCN/C=c1/c(O)cc(=O)c2[nH]c3c(C(=O)O)ccc(=O)c3nc12. The van der Waals surface area contributed by atoms with E-state index in [1.54, 1.807) is 0 Å². The second-order valence-corrected chi connectivity index (χ2v) is 6.31. The topological polar surface area (TPSA) is 136 Å². The number of aromatic carboxylic acids is 1. The summed E-state index contributed by atoms with van der Waals surface area (Å²) in [5.74, 6) is -1.53. The Morgan fingerprint density at radius 3 is 2.63 bits per heavy atom. The van der Waals surface area contributed by atoms with Gasteiger partial charge in [-0.3, -0.25) is 9.59 Å². The van der Waals surface area contributed by atoms with Crippen molar-refractivity contribution < 1.29 is 15.0 Å². The molecule has 3 rings (SSSR count). The smallest absolute Gasteiger partial charge is 0.337 e. The van der Waals surface area contributed by atoms with Crippen LogP contribution in [-0.2, 0) is 0 Å². The van der Waals surface area contributed by atoms with Crippen molar-refractivity contribution in [3.8, 4) is 5.75 Å². The molecule has 1 heterocycles. The minimum absolute atomic E-state index is 0.00839. The molecular weight excluding hydrogens is 352 g/mol. The van der Waals surface area contributed by atoms with Gasteiger partial charge in [0.15, 0.2) is 0 Å². The predicted molar refractivity (Wildman–Crippen MR) is 101 cm³/mol. The molecule has 9 heteroatoms. The molecule has 0 atom stereocenters. The molecule has 0 radical (unpaired) electrons. The Balaban J connectivity index is 2.32. The largest absolute Gasteiger partial charge is 0.507 e. The van der Waals surface area contributed by atoms with Crippen LogP contribution in [0.3, 0.4) is 0 Å². The molecule has 0 saturated heterocycles. The Bertz CT molecular complexity index is 1220. The summed E-state index contributed by atoms with van der Waals surface area (Å²) in [5.41, 5.74) is -1.27. The van der Waals surface area contributed by atoms with Crippen LogP contribution in [0.2, 0.25) is 0 Å². The summed E-state index contributed by atoms with van der Waals surface area (Å²) in [6.07, 6.45) is 1.51. The van der Waals surface area contributed by atoms with Gasteiger partial charge in [0, 0.05) is 25.4 Å². The lowest BCUT2D eigenvalue weighted by Crippen LogP contribution is -2.25. The van der Waals surface area contributed by atoms with Crippen LogP contribution in [-0.4, -0.2) is 58.2 Å². The molecule has 0 spiro atoms. The number of hydrogen-bond acceptors (Lipinski definition) is 7. The Labute approximate surface area is 152 Å². The fraction of sp³-hybridized carbons (Fsp3) is 0.222. The highest BCUT2D eigenvalue weighted by atomic mass is 16.4. The Morgan fingerprint density at radius 2 is 1.96 bits per heavy atom. The van der Waals surface area contributed by atoms with Crippen molar-refractivity contribution in [3.63, 3.8) is 0 Å². The number of rotatable bonds is 5. The minimum atomic E-state index is -1.25. The number of nitrogens with zero attached hydrogens (tertiary/aromatic N) is 2. The number of carboxylic acids is 1. The van der Waals surface area contributed by atoms with Crippen LogP contribution in [0.5, 0.6) is 5.75 Å². The summed E-state index contributed by atoms with van der Waals surface area (Å²) in [5, 5.41) is 22.7.